The van der Waals surface area contributed by atoms with Crippen molar-refractivity contribution in [2.75, 3.05) is 7.11 Å². The van der Waals surface area contributed by atoms with Gasteiger partial charge >= 0.3 is 0 Å². The highest BCUT2D eigenvalue weighted by Crippen LogP contribution is 2.48. The lowest BCUT2D eigenvalue weighted by Crippen LogP contribution is -2.45. The number of aryl methyl sites for hydroxylation is 1. The molecule has 224 valence electrons. The molecular weight excluding hydrogens is 524 g/mol. The van der Waals surface area contributed by atoms with E-state index in [4.69, 9.17) is 9.47 Å². The molecule has 5 rings (SSSR count). The maximum atomic E-state index is 11.8. The van der Waals surface area contributed by atoms with Crippen molar-refractivity contribution in [2.45, 2.75) is 97.4 Å². The molecule has 6 heteroatoms. The Bertz CT molecular complexity index is 1420. The normalized spacial score (nSPS) is 18.4. The van der Waals surface area contributed by atoms with Gasteiger partial charge in [0.05, 0.1) is 7.11 Å². The van der Waals surface area contributed by atoms with Crippen LogP contribution in [0.1, 0.15) is 95.1 Å². The summed E-state index contributed by atoms with van der Waals surface area (Å²) in [5, 5.41) is 11.8. The summed E-state index contributed by atoms with van der Waals surface area (Å²) in [6.45, 7) is 13.9. The van der Waals surface area contributed by atoms with Crippen molar-refractivity contribution in [1.29, 1.82) is 0 Å². The van der Waals surface area contributed by atoms with E-state index in [2.05, 4.69) is 80.9 Å². The molecule has 0 saturated heterocycles. The minimum absolute atomic E-state index is 0.00520. The van der Waals surface area contributed by atoms with Crippen LogP contribution in [0.4, 0.5) is 0 Å². The zero-order valence-electron chi connectivity index (χ0n) is 26.1. The quantitative estimate of drug-likeness (QED) is 0.270. The molecule has 0 bridgehead atoms. The molecule has 0 N–H and O–H groups in total. The van der Waals surface area contributed by atoms with Gasteiger partial charge in [-0.15, -0.1) is 0 Å². The highest BCUT2D eigenvalue weighted by atomic mass is 16.5. The molecule has 42 heavy (non-hydrogen) atoms. The first kappa shape index (κ1) is 30.1. The maximum Gasteiger partial charge on any atom is 0.213 e. The topological polar surface area (TPSA) is 74.7 Å². The number of ether oxygens (including phenoxy) is 2. The van der Waals surface area contributed by atoms with Gasteiger partial charge in [-0.05, 0) is 118 Å². The van der Waals surface area contributed by atoms with E-state index in [0.717, 1.165) is 60.2 Å². The highest BCUT2D eigenvalue weighted by molar-refractivity contribution is 5.69. The lowest BCUT2D eigenvalue weighted by molar-refractivity contribution is -0.311. The predicted octanol–water partition coefficient (Wildman–Crippen LogP) is 6.71. The van der Waals surface area contributed by atoms with Gasteiger partial charge in [0, 0.05) is 42.3 Å². The summed E-state index contributed by atoms with van der Waals surface area (Å²) in [7, 11) is 1.64. The fourth-order valence-electron chi connectivity index (χ4n) is 6.69. The fraction of sp³-hybridized carbons (Fsp3) is 0.500. The summed E-state index contributed by atoms with van der Waals surface area (Å²) in [5.41, 5.74) is 6.87. The third-order valence-corrected chi connectivity index (χ3v) is 9.04. The number of carboxylic acid groups (broad SMARTS) is 1. The first-order valence-electron chi connectivity index (χ1n) is 15.4. The van der Waals surface area contributed by atoms with Crippen LogP contribution in [0.3, 0.4) is 0 Å². The Hall–Kier alpha value is -3.38. The predicted molar refractivity (Wildman–Crippen MR) is 164 cm³/mol. The van der Waals surface area contributed by atoms with Crippen molar-refractivity contribution in [3.05, 3.63) is 77.0 Å². The average molecular weight is 570 g/mol. The monoisotopic (exact) mass is 569 g/mol. The van der Waals surface area contributed by atoms with Crippen molar-refractivity contribution >= 4 is 5.97 Å². The second-order valence-corrected chi connectivity index (χ2v) is 13.4. The summed E-state index contributed by atoms with van der Waals surface area (Å²) >= 11 is 0. The molecule has 1 aliphatic carbocycles. The summed E-state index contributed by atoms with van der Waals surface area (Å²) in [5.74, 6) is 0.343. The molecule has 1 fully saturated rings. The number of carbonyl (C=O) groups excluding carboxylic acids is 1. The van der Waals surface area contributed by atoms with Crippen LogP contribution < -0.4 is 14.6 Å². The van der Waals surface area contributed by atoms with Gasteiger partial charge < -0.3 is 19.4 Å². The molecule has 2 aliphatic rings. The van der Waals surface area contributed by atoms with Crippen molar-refractivity contribution in [2.24, 2.45) is 11.8 Å². The lowest BCUT2D eigenvalue weighted by Gasteiger charge is -2.39. The molecule has 1 saturated carbocycles. The van der Waals surface area contributed by atoms with E-state index in [0.29, 0.717) is 17.8 Å². The highest BCUT2D eigenvalue weighted by Gasteiger charge is 2.37. The van der Waals surface area contributed by atoms with Gasteiger partial charge in [0.1, 0.15) is 11.9 Å². The van der Waals surface area contributed by atoms with Crippen LogP contribution in [0.15, 0.2) is 54.7 Å². The Labute approximate surface area is 251 Å². The number of benzene rings is 2. The van der Waals surface area contributed by atoms with E-state index in [-0.39, 0.29) is 17.6 Å². The number of carbonyl (C=O) groups is 1. The van der Waals surface area contributed by atoms with E-state index >= 15 is 0 Å². The van der Waals surface area contributed by atoms with Gasteiger partial charge in [0.2, 0.25) is 5.88 Å². The van der Waals surface area contributed by atoms with Crippen LogP contribution in [0.2, 0.25) is 0 Å². The number of rotatable bonds is 10. The van der Waals surface area contributed by atoms with Crippen molar-refractivity contribution in [3.63, 3.8) is 0 Å². The third kappa shape index (κ3) is 6.49. The van der Waals surface area contributed by atoms with Crippen LogP contribution >= 0.6 is 0 Å². The summed E-state index contributed by atoms with van der Waals surface area (Å²) in [4.78, 5) is 18.6. The molecule has 3 atom stereocenters. The average Bonchev–Trinajstić information content (AvgIpc) is 3.80. The third-order valence-electron chi connectivity index (χ3n) is 9.04. The molecule has 1 aliphatic heterocycles. The van der Waals surface area contributed by atoms with E-state index in [1.165, 1.54) is 11.1 Å². The molecule has 0 radical (unpaired) electrons. The Morgan fingerprint density at radius 3 is 2.48 bits per heavy atom. The minimum atomic E-state index is -0.978. The van der Waals surface area contributed by atoms with E-state index in [9.17, 15) is 9.90 Å². The Kier molecular flexibility index (Phi) is 8.66. The summed E-state index contributed by atoms with van der Waals surface area (Å²) in [6, 6.07) is 17.4. The molecule has 2 aromatic carbocycles. The molecule has 0 amide bonds. The van der Waals surface area contributed by atoms with E-state index < -0.39 is 11.9 Å². The maximum absolute atomic E-state index is 11.8. The molecular formula is C36H45N2O4-. The van der Waals surface area contributed by atoms with Gasteiger partial charge in [-0.1, -0.05) is 37.3 Å². The number of nitrogens with zero attached hydrogens (tertiary/aromatic N) is 2. The fourth-order valence-corrected chi connectivity index (χ4v) is 6.69. The minimum Gasteiger partial charge on any atom is -0.550 e. The number of aromatic nitrogens is 1. The SMILES string of the molecule is COc1cc(-c2ccc(C3CCc4ccc([C@H](C5CC5)[C@H](C)C(=O)[O-])cc4O3)cc2CN(C(C)C)C(C)(C)C)ccn1. The molecule has 3 aromatic rings. The molecule has 6 nitrogen and oxygen atoms in total. The molecule has 1 aromatic heterocycles. The summed E-state index contributed by atoms with van der Waals surface area (Å²) in [6.07, 6.45) is 5.68. The van der Waals surface area contributed by atoms with Crippen LogP contribution in [-0.2, 0) is 17.8 Å². The standard InChI is InChI=1S/C36H46N2O4/c1-22(2)38(36(4,5)6)21-29-18-27(12-14-30(29)26-16-17-37-33(20-26)41-7)31-15-13-24-8-11-28(19-32(24)42-31)34(25-9-10-25)23(3)35(39)40/h8,11-12,14,16-20,22-23,25,31,34H,9-10,13,15,21H2,1-7H3,(H,39,40)/p-1/t23-,31?,34-/m0/s1. The van der Waals surface area contributed by atoms with Crippen LogP contribution in [-0.4, -0.2) is 34.5 Å². The number of aliphatic carboxylic acids is 1. The number of hydrogen-bond acceptors (Lipinski definition) is 6. The number of pyridine rings is 1. The first-order valence-corrected chi connectivity index (χ1v) is 15.4. The number of hydrogen-bond donors (Lipinski definition) is 0. The zero-order chi connectivity index (χ0) is 30.2. The van der Waals surface area contributed by atoms with Gasteiger partial charge in [-0.2, -0.15) is 0 Å². The zero-order valence-corrected chi connectivity index (χ0v) is 26.1. The van der Waals surface area contributed by atoms with Gasteiger partial charge in [0.25, 0.3) is 0 Å². The Morgan fingerprint density at radius 2 is 1.83 bits per heavy atom. The Morgan fingerprint density at radius 1 is 1.07 bits per heavy atom. The van der Waals surface area contributed by atoms with Crippen molar-refractivity contribution in [1.82, 2.24) is 9.88 Å². The van der Waals surface area contributed by atoms with Gasteiger partial charge in [-0.3, -0.25) is 4.90 Å². The van der Waals surface area contributed by atoms with Crippen molar-refractivity contribution in [3.8, 4) is 22.8 Å². The lowest BCUT2D eigenvalue weighted by atomic mass is 9.82. The molecule has 1 unspecified atom stereocenters. The second-order valence-electron chi connectivity index (χ2n) is 13.4. The smallest absolute Gasteiger partial charge is 0.213 e. The number of methoxy groups -OCH3 is 1. The first-order chi connectivity index (χ1) is 20.0. The number of fused-ring (bicyclic) bond motifs is 1. The van der Waals surface area contributed by atoms with Crippen molar-refractivity contribution < 1.29 is 19.4 Å². The molecule has 2 heterocycles. The number of carboxylic acids is 1. The summed E-state index contributed by atoms with van der Waals surface area (Å²) < 4.78 is 12.1. The van der Waals surface area contributed by atoms with Crippen LogP contribution in [0.5, 0.6) is 11.6 Å². The largest absolute Gasteiger partial charge is 0.550 e. The van der Waals surface area contributed by atoms with E-state index in [1.54, 1.807) is 20.2 Å². The van der Waals surface area contributed by atoms with E-state index in [1.807, 2.05) is 12.1 Å². The molecule has 0 spiro atoms. The van der Waals surface area contributed by atoms with Crippen LogP contribution in [0.25, 0.3) is 11.1 Å². The second kappa shape index (κ2) is 12.1. The Balaban J connectivity index is 1.49. The van der Waals surface area contributed by atoms with Gasteiger partial charge in [0.15, 0.2) is 0 Å². The van der Waals surface area contributed by atoms with Crippen LogP contribution in [0, 0.1) is 11.8 Å². The van der Waals surface area contributed by atoms with Gasteiger partial charge in [-0.25, -0.2) is 4.98 Å².